The molecule has 0 aliphatic rings. The van der Waals surface area contributed by atoms with Crippen LogP contribution in [0.3, 0.4) is 0 Å². The Morgan fingerprint density at radius 1 is 1.25 bits per heavy atom. The zero-order chi connectivity index (χ0) is 2.71. The molecule has 2 heteroatoms. The maximum atomic E-state index is 3.50. The molecule has 4 heavy (non-hydrogen) atoms. The second-order valence-electron chi connectivity index (χ2n) is 0.447. The van der Waals surface area contributed by atoms with Gasteiger partial charge in [-0.05, 0) is 0 Å². The molecule has 0 aliphatic carbocycles. The predicted octanol–water partition coefficient (Wildman–Crippen LogP) is 0.617. The van der Waals surface area contributed by atoms with Crippen molar-refractivity contribution >= 4 is 0 Å². The standard InChI is InChI=1S/C2H6N.Y/c1-3-2;/h1-2H3;/q-1;. The zero-order valence-corrected chi connectivity index (χ0v) is 5.86. The van der Waals surface area contributed by atoms with Crippen molar-refractivity contribution in [2.45, 2.75) is 0 Å². The molecular formula is C2H6NY-. The van der Waals surface area contributed by atoms with E-state index in [9.17, 15) is 0 Å². The monoisotopic (exact) mass is 133 g/mol. The molecule has 0 fully saturated rings. The molecular weight excluding hydrogens is 127 g/mol. The minimum atomic E-state index is 0. The molecule has 0 saturated carbocycles. The van der Waals surface area contributed by atoms with Crippen molar-refractivity contribution in [3.05, 3.63) is 5.32 Å². The first-order valence-electron chi connectivity index (χ1n) is 0.894. The number of rotatable bonds is 0. The fraction of sp³-hybridized carbons (Fsp3) is 1.00. The van der Waals surface area contributed by atoms with E-state index in [-0.39, 0.29) is 32.7 Å². The molecule has 0 aromatic heterocycles. The first-order chi connectivity index (χ1) is 1.41. The van der Waals surface area contributed by atoms with Crippen LogP contribution in [0.4, 0.5) is 0 Å². The average Bonchev–Trinajstić information content (AvgIpc) is 0.918. The fourth-order valence-electron chi connectivity index (χ4n) is 0. The largest absolute Gasteiger partial charge is 0.668 e. The van der Waals surface area contributed by atoms with Gasteiger partial charge < -0.3 is 5.32 Å². The summed E-state index contributed by atoms with van der Waals surface area (Å²) >= 11 is 0. The topological polar surface area (TPSA) is 14.1 Å². The van der Waals surface area contributed by atoms with Gasteiger partial charge in [0.05, 0.1) is 0 Å². The third-order valence-electron chi connectivity index (χ3n) is 0. The minimum Gasteiger partial charge on any atom is -0.668 e. The summed E-state index contributed by atoms with van der Waals surface area (Å²) in [5.74, 6) is 0. The zero-order valence-electron chi connectivity index (χ0n) is 3.02. The van der Waals surface area contributed by atoms with E-state index in [1.54, 1.807) is 14.1 Å². The van der Waals surface area contributed by atoms with Crippen LogP contribution in [0.1, 0.15) is 0 Å². The van der Waals surface area contributed by atoms with Gasteiger partial charge in [0.1, 0.15) is 0 Å². The molecule has 0 atom stereocenters. The van der Waals surface area contributed by atoms with Crippen molar-refractivity contribution in [1.82, 2.24) is 0 Å². The van der Waals surface area contributed by atoms with Gasteiger partial charge in [0.2, 0.25) is 0 Å². The third kappa shape index (κ3) is 11.5. The van der Waals surface area contributed by atoms with Crippen LogP contribution in [0.25, 0.3) is 5.32 Å². The van der Waals surface area contributed by atoms with Crippen molar-refractivity contribution < 1.29 is 32.7 Å². The van der Waals surface area contributed by atoms with Crippen LogP contribution in [-0.4, -0.2) is 14.1 Å². The molecule has 0 aromatic rings. The summed E-state index contributed by atoms with van der Waals surface area (Å²) < 4.78 is 0. The van der Waals surface area contributed by atoms with E-state index < -0.39 is 0 Å². The fourth-order valence-corrected chi connectivity index (χ4v) is 0. The van der Waals surface area contributed by atoms with Crippen LogP contribution in [0.5, 0.6) is 0 Å². The molecule has 0 N–H and O–H groups in total. The van der Waals surface area contributed by atoms with E-state index in [1.165, 1.54) is 0 Å². The molecule has 0 aliphatic heterocycles. The van der Waals surface area contributed by atoms with E-state index in [2.05, 4.69) is 5.32 Å². The molecule has 0 aromatic carbocycles. The van der Waals surface area contributed by atoms with Crippen molar-refractivity contribution in [2.24, 2.45) is 0 Å². The normalized spacial score (nSPS) is 4.50. The minimum absolute atomic E-state index is 0. The van der Waals surface area contributed by atoms with Crippen LogP contribution >= 0.6 is 0 Å². The van der Waals surface area contributed by atoms with E-state index in [1.807, 2.05) is 0 Å². The molecule has 1 nitrogen and oxygen atoms in total. The smallest absolute Gasteiger partial charge is 0 e. The van der Waals surface area contributed by atoms with Crippen LogP contribution in [0.15, 0.2) is 0 Å². The molecule has 1 radical (unpaired) electrons. The Hall–Kier alpha value is 1.06. The maximum Gasteiger partial charge on any atom is 0 e. The van der Waals surface area contributed by atoms with E-state index in [0.717, 1.165) is 0 Å². The summed E-state index contributed by atoms with van der Waals surface area (Å²) in [5.41, 5.74) is 0. The summed E-state index contributed by atoms with van der Waals surface area (Å²) in [6, 6.07) is 0. The van der Waals surface area contributed by atoms with Gasteiger partial charge in [0.25, 0.3) is 0 Å². The maximum absolute atomic E-state index is 3.50. The third-order valence-corrected chi connectivity index (χ3v) is 0. The Labute approximate surface area is 52.0 Å². The Kier molecular flexibility index (Phi) is 19.9. The molecule has 0 bridgehead atoms. The van der Waals surface area contributed by atoms with Gasteiger partial charge in [-0.1, -0.05) is 0 Å². The Bertz CT molecular complexity index is 6.00. The number of hydrogen-bond acceptors (Lipinski definition) is 0. The quantitative estimate of drug-likeness (QED) is 0.459. The Balaban J connectivity index is 0. The van der Waals surface area contributed by atoms with Gasteiger partial charge in [-0.3, -0.25) is 0 Å². The summed E-state index contributed by atoms with van der Waals surface area (Å²) in [4.78, 5) is 0. The van der Waals surface area contributed by atoms with Gasteiger partial charge in [0.15, 0.2) is 0 Å². The molecule has 0 amide bonds. The molecule has 23 valence electrons. The van der Waals surface area contributed by atoms with Gasteiger partial charge in [0, 0.05) is 32.7 Å². The van der Waals surface area contributed by atoms with Gasteiger partial charge in [-0.15, -0.1) is 0 Å². The molecule has 0 heterocycles. The van der Waals surface area contributed by atoms with Crippen LogP contribution in [0.2, 0.25) is 0 Å². The first kappa shape index (κ1) is 8.91. The summed E-state index contributed by atoms with van der Waals surface area (Å²) in [7, 11) is 3.50. The van der Waals surface area contributed by atoms with Crippen LogP contribution < -0.4 is 0 Å². The Morgan fingerprint density at radius 3 is 1.25 bits per heavy atom. The average molecular weight is 133 g/mol. The van der Waals surface area contributed by atoms with Crippen molar-refractivity contribution in [3.63, 3.8) is 0 Å². The van der Waals surface area contributed by atoms with Crippen molar-refractivity contribution in [1.29, 1.82) is 0 Å². The second kappa shape index (κ2) is 8.96. The molecule has 0 unspecified atom stereocenters. The van der Waals surface area contributed by atoms with Gasteiger partial charge in [-0.25, -0.2) is 0 Å². The second-order valence-corrected chi connectivity index (χ2v) is 0.447. The summed E-state index contributed by atoms with van der Waals surface area (Å²) in [5, 5.41) is 3.50. The first-order valence-corrected chi connectivity index (χ1v) is 0.894. The predicted molar refractivity (Wildman–Crippen MR) is 15.2 cm³/mol. The number of nitrogens with zero attached hydrogens (tertiary/aromatic N) is 1. The van der Waals surface area contributed by atoms with Crippen LogP contribution in [-0.2, 0) is 32.7 Å². The van der Waals surface area contributed by atoms with Crippen molar-refractivity contribution in [3.8, 4) is 0 Å². The SMILES string of the molecule is C[N-]C.[Y]. The van der Waals surface area contributed by atoms with E-state index in [0.29, 0.717) is 0 Å². The Morgan fingerprint density at radius 2 is 1.25 bits per heavy atom. The van der Waals surface area contributed by atoms with Crippen LogP contribution in [0, 0.1) is 0 Å². The summed E-state index contributed by atoms with van der Waals surface area (Å²) in [6.07, 6.45) is 0. The van der Waals surface area contributed by atoms with Gasteiger partial charge >= 0.3 is 0 Å². The van der Waals surface area contributed by atoms with Gasteiger partial charge in [-0.2, -0.15) is 14.1 Å². The summed E-state index contributed by atoms with van der Waals surface area (Å²) in [6.45, 7) is 0. The van der Waals surface area contributed by atoms with E-state index in [4.69, 9.17) is 0 Å². The molecule has 0 saturated heterocycles. The molecule has 0 spiro atoms. The molecule has 0 rings (SSSR count). The van der Waals surface area contributed by atoms with E-state index >= 15 is 0 Å². The number of hydrogen-bond donors (Lipinski definition) is 0. The van der Waals surface area contributed by atoms with Crippen molar-refractivity contribution in [2.75, 3.05) is 14.1 Å².